The number of aromatic hydroxyl groups is 1. The van der Waals surface area contributed by atoms with Gasteiger partial charge in [-0.15, -0.1) is 0 Å². The van der Waals surface area contributed by atoms with Crippen LogP contribution >= 0.6 is 0 Å². The molecule has 1 saturated heterocycles. The number of likely N-dealkylation sites (N-methyl/N-ethyl adjacent to an activating group) is 1. The van der Waals surface area contributed by atoms with Crippen molar-refractivity contribution in [1.29, 1.82) is 0 Å². The minimum Gasteiger partial charge on any atom is -0.504 e. The Morgan fingerprint density at radius 3 is 2.74 bits per heavy atom. The molecule has 3 fully saturated rings. The summed E-state index contributed by atoms with van der Waals surface area (Å²) in [5.74, 6) is 0.685. The number of likely N-dealkylation sites (tertiary alicyclic amines) is 1. The topological polar surface area (TPSA) is 73.2 Å². The van der Waals surface area contributed by atoms with Gasteiger partial charge in [0.2, 0.25) is 5.91 Å². The second-order valence-electron chi connectivity index (χ2n) is 13.0. The number of phenols is 1. The van der Waals surface area contributed by atoms with E-state index in [9.17, 15) is 28.2 Å². The van der Waals surface area contributed by atoms with Crippen molar-refractivity contribution in [3.63, 3.8) is 0 Å². The van der Waals surface area contributed by atoms with Crippen molar-refractivity contribution in [2.75, 3.05) is 20.1 Å². The molecule has 2 aliphatic heterocycles. The third kappa shape index (κ3) is 3.88. The lowest BCUT2D eigenvalue weighted by Crippen LogP contribution is -2.81. The highest BCUT2D eigenvalue weighted by Crippen LogP contribution is 2.67. The molecule has 3 aliphatic carbocycles. The molecule has 9 heteroatoms. The Bertz CT molecular complexity index is 1460. The van der Waals surface area contributed by atoms with E-state index in [0.29, 0.717) is 30.9 Å². The molecule has 2 saturated carbocycles. The van der Waals surface area contributed by atoms with E-state index < -0.39 is 34.9 Å². The van der Waals surface area contributed by atoms with Gasteiger partial charge in [-0.05, 0) is 85.9 Å². The van der Waals surface area contributed by atoms with Crippen LogP contribution in [-0.2, 0) is 22.8 Å². The van der Waals surface area contributed by atoms with Crippen LogP contribution < -0.4 is 4.74 Å². The fraction of sp³-hybridized carbons (Fsp3) is 0.545. The minimum absolute atomic E-state index is 0.0453. The highest BCUT2D eigenvalue weighted by atomic mass is 19.4. The number of nitrogens with zero attached hydrogens (tertiary/aromatic N) is 2. The molecule has 2 N–H and O–H groups in total. The maximum Gasteiger partial charge on any atom is 0.416 e. The van der Waals surface area contributed by atoms with Gasteiger partial charge in [0.05, 0.1) is 22.6 Å². The number of halogens is 3. The smallest absolute Gasteiger partial charge is 0.416 e. The molecule has 7 rings (SSSR count). The van der Waals surface area contributed by atoms with Gasteiger partial charge in [-0.1, -0.05) is 31.5 Å². The number of amides is 1. The summed E-state index contributed by atoms with van der Waals surface area (Å²) >= 11 is 0. The van der Waals surface area contributed by atoms with Gasteiger partial charge in [-0.25, -0.2) is 0 Å². The fourth-order valence-electron chi connectivity index (χ4n) is 8.80. The van der Waals surface area contributed by atoms with Crippen LogP contribution in [0.25, 0.3) is 6.08 Å². The molecule has 5 aliphatic rings. The Kier molecular flexibility index (Phi) is 6.27. The number of benzene rings is 2. The molecule has 1 amide bonds. The summed E-state index contributed by atoms with van der Waals surface area (Å²) in [6.45, 7) is 3.88. The highest BCUT2D eigenvalue weighted by Gasteiger charge is 2.75. The number of ether oxygens (including phenoxy) is 1. The standard InChI is InChI=1S/C33H37F3N2O4/c1-3-22-17-24(37(2)27(40)12-9-19-5-4-6-23(15-19)33(34,35)36)30-31-13-14-38(18-20-7-8-20)26(32(22,31)41)16-21-10-11-25(39)29(42-30)28(21)31/h4-6,9-12,15,20,22,24,26,30,39,41H,3,7-8,13-14,16-18H2,1-2H3/b12-9+/t22?,24?,26-,30?,31+,32-/m1/s1. The van der Waals surface area contributed by atoms with Crippen LogP contribution in [0.5, 0.6) is 11.5 Å². The zero-order valence-electron chi connectivity index (χ0n) is 23.9. The predicted molar refractivity (Wildman–Crippen MR) is 151 cm³/mol. The maximum absolute atomic E-state index is 13.6. The minimum atomic E-state index is -4.47. The monoisotopic (exact) mass is 582 g/mol. The summed E-state index contributed by atoms with van der Waals surface area (Å²) in [4.78, 5) is 17.7. The van der Waals surface area contributed by atoms with Crippen LogP contribution in [0.4, 0.5) is 13.2 Å². The second-order valence-corrected chi connectivity index (χ2v) is 13.0. The van der Waals surface area contributed by atoms with Gasteiger partial charge in [0.15, 0.2) is 11.5 Å². The van der Waals surface area contributed by atoms with Crippen molar-refractivity contribution < 1.29 is 32.9 Å². The third-order valence-electron chi connectivity index (χ3n) is 10.9. The summed E-state index contributed by atoms with van der Waals surface area (Å²) in [6, 6.07) is 8.05. The van der Waals surface area contributed by atoms with E-state index in [0.717, 1.165) is 42.8 Å². The van der Waals surface area contributed by atoms with Gasteiger partial charge in [0.25, 0.3) is 0 Å². The molecule has 6 atom stereocenters. The van der Waals surface area contributed by atoms with Gasteiger partial charge in [-0.3, -0.25) is 9.69 Å². The quantitative estimate of drug-likeness (QED) is 0.461. The Balaban J connectivity index is 1.25. The van der Waals surface area contributed by atoms with Crippen molar-refractivity contribution in [2.24, 2.45) is 11.8 Å². The van der Waals surface area contributed by atoms with Gasteiger partial charge < -0.3 is 19.8 Å². The van der Waals surface area contributed by atoms with Crippen LogP contribution in [0.3, 0.4) is 0 Å². The Labute approximate surface area is 243 Å². The summed E-state index contributed by atoms with van der Waals surface area (Å²) in [5.41, 5.74) is -0.348. The molecular weight excluding hydrogens is 545 g/mol. The SMILES string of the molecule is CCC1CC(N(C)C(=O)/C=C/c2cccc(C(F)(F)F)c2)C2Oc3c(O)ccc4c3[C@@]23CCN(CC2CC2)[C@H](C4)[C@]13O. The molecule has 6 nitrogen and oxygen atoms in total. The first kappa shape index (κ1) is 27.8. The maximum atomic E-state index is 13.6. The lowest BCUT2D eigenvalue weighted by molar-refractivity contribution is -0.228. The molecular formula is C33H37F3N2O4. The number of phenolic OH excluding ortho intramolecular Hbond substituents is 1. The van der Waals surface area contributed by atoms with Gasteiger partial charge in [-0.2, -0.15) is 13.2 Å². The first-order valence-corrected chi connectivity index (χ1v) is 15.1. The van der Waals surface area contributed by atoms with E-state index in [-0.39, 0.29) is 29.2 Å². The lowest BCUT2D eigenvalue weighted by Gasteiger charge is -2.67. The predicted octanol–water partition coefficient (Wildman–Crippen LogP) is 5.15. The average molecular weight is 583 g/mol. The van der Waals surface area contributed by atoms with Crippen molar-refractivity contribution in [2.45, 2.75) is 80.8 Å². The normalized spacial score (nSPS) is 33.4. The molecule has 2 bridgehead atoms. The molecule has 0 radical (unpaired) electrons. The number of carbonyl (C=O) groups is 1. The van der Waals surface area contributed by atoms with Gasteiger partial charge in [0, 0.05) is 31.3 Å². The number of aliphatic hydroxyl groups is 1. The van der Waals surface area contributed by atoms with E-state index in [1.165, 1.54) is 37.1 Å². The Morgan fingerprint density at radius 2 is 2.02 bits per heavy atom. The molecule has 2 heterocycles. The fourth-order valence-corrected chi connectivity index (χ4v) is 8.80. The van der Waals surface area contributed by atoms with Crippen molar-refractivity contribution >= 4 is 12.0 Å². The third-order valence-corrected chi connectivity index (χ3v) is 10.9. The second kappa shape index (κ2) is 9.48. The van der Waals surface area contributed by atoms with E-state index >= 15 is 0 Å². The molecule has 3 unspecified atom stereocenters. The summed E-state index contributed by atoms with van der Waals surface area (Å²) in [6.07, 6.45) is 2.75. The van der Waals surface area contributed by atoms with Crippen LogP contribution in [0, 0.1) is 11.8 Å². The van der Waals surface area contributed by atoms with Gasteiger partial charge >= 0.3 is 6.18 Å². The molecule has 2 aromatic rings. The van der Waals surface area contributed by atoms with E-state index in [4.69, 9.17) is 4.74 Å². The van der Waals surface area contributed by atoms with E-state index in [2.05, 4.69) is 11.8 Å². The summed E-state index contributed by atoms with van der Waals surface area (Å²) in [5, 5.41) is 24.0. The van der Waals surface area contributed by atoms with E-state index in [1.54, 1.807) is 18.0 Å². The van der Waals surface area contributed by atoms with Crippen molar-refractivity contribution in [1.82, 2.24) is 9.80 Å². The number of hydrogen-bond donors (Lipinski definition) is 2. The van der Waals surface area contributed by atoms with Crippen LogP contribution in [0.2, 0.25) is 0 Å². The molecule has 1 spiro atoms. The first-order chi connectivity index (χ1) is 20.0. The Morgan fingerprint density at radius 1 is 1.24 bits per heavy atom. The Hall–Kier alpha value is -3.04. The summed E-state index contributed by atoms with van der Waals surface area (Å²) in [7, 11) is 1.70. The van der Waals surface area contributed by atoms with Crippen LogP contribution in [0.1, 0.15) is 61.3 Å². The molecule has 2 aromatic carbocycles. The highest BCUT2D eigenvalue weighted by molar-refractivity contribution is 5.92. The average Bonchev–Trinajstić information content (AvgIpc) is 3.71. The zero-order chi connectivity index (χ0) is 29.6. The molecule has 0 aromatic heterocycles. The van der Waals surface area contributed by atoms with Crippen molar-refractivity contribution in [3.8, 4) is 11.5 Å². The lowest BCUT2D eigenvalue weighted by atomic mass is 9.45. The largest absolute Gasteiger partial charge is 0.504 e. The summed E-state index contributed by atoms with van der Waals surface area (Å²) < 4.78 is 46.2. The molecule has 42 heavy (non-hydrogen) atoms. The number of alkyl halides is 3. The van der Waals surface area contributed by atoms with Crippen molar-refractivity contribution in [3.05, 3.63) is 64.7 Å². The van der Waals surface area contributed by atoms with E-state index in [1.807, 2.05) is 6.07 Å². The number of piperidine rings is 1. The van der Waals surface area contributed by atoms with Gasteiger partial charge in [0.1, 0.15) is 6.10 Å². The number of rotatable bonds is 6. The van der Waals surface area contributed by atoms with Crippen LogP contribution in [-0.4, -0.2) is 69.8 Å². The molecule has 224 valence electrons. The number of carbonyl (C=O) groups excluding carboxylic acids is 1. The number of hydrogen-bond acceptors (Lipinski definition) is 5. The van der Waals surface area contributed by atoms with Crippen LogP contribution in [0.15, 0.2) is 42.5 Å². The zero-order valence-corrected chi connectivity index (χ0v) is 23.9. The first-order valence-electron chi connectivity index (χ1n) is 15.1.